The first-order valence-electron chi connectivity index (χ1n) is 22.1. The number of imidazole rings is 1. The molecule has 1 aromatic heterocycles. The van der Waals surface area contributed by atoms with Crippen molar-refractivity contribution in [1.82, 2.24) is 35.7 Å². The van der Waals surface area contributed by atoms with Crippen molar-refractivity contribution in [3.8, 4) is 22.4 Å². The molecule has 318 valence electrons. The minimum Gasteiger partial charge on any atom is -0.348 e. The Morgan fingerprint density at radius 3 is 1.63 bits per heavy atom. The maximum absolute atomic E-state index is 14.1. The highest BCUT2D eigenvalue weighted by Gasteiger charge is 2.41. The Morgan fingerprint density at radius 1 is 0.565 bits per heavy atom. The smallest absolute Gasteiger partial charge is 0.250 e. The van der Waals surface area contributed by atoms with Gasteiger partial charge in [0.25, 0.3) is 0 Å². The molecule has 2 aliphatic carbocycles. The number of benzene rings is 4. The summed E-state index contributed by atoms with van der Waals surface area (Å²) in [5.41, 5.74) is 6.31. The van der Waals surface area contributed by atoms with Crippen LogP contribution in [-0.4, -0.2) is 68.4 Å². The Hall–Kier alpha value is -6.56. The van der Waals surface area contributed by atoms with E-state index in [2.05, 4.69) is 33.1 Å². The van der Waals surface area contributed by atoms with E-state index >= 15 is 0 Å². The molecule has 0 spiro atoms. The van der Waals surface area contributed by atoms with E-state index in [0.717, 1.165) is 77.9 Å². The number of nitrogens with zero attached hydrogens (tertiary/aromatic N) is 3. The van der Waals surface area contributed by atoms with Gasteiger partial charge in [0.1, 0.15) is 23.9 Å². The first kappa shape index (κ1) is 40.8. The largest absolute Gasteiger partial charge is 0.348 e. The Labute approximate surface area is 361 Å². The van der Waals surface area contributed by atoms with Crippen LogP contribution in [0.5, 0.6) is 0 Å². The van der Waals surface area contributed by atoms with Crippen LogP contribution in [-0.2, 0) is 24.0 Å². The molecular weight excluding hydrogens is 779 g/mol. The Bertz CT molecular complexity index is 2410. The van der Waals surface area contributed by atoms with Crippen LogP contribution >= 0.6 is 0 Å². The van der Waals surface area contributed by atoms with Crippen molar-refractivity contribution in [2.75, 3.05) is 13.1 Å². The molecule has 4 N–H and O–H groups in total. The number of hydrogen-bond donors (Lipinski definition) is 4. The van der Waals surface area contributed by atoms with Crippen LogP contribution in [0.1, 0.15) is 105 Å². The highest BCUT2D eigenvalue weighted by atomic mass is 16.2. The van der Waals surface area contributed by atoms with Gasteiger partial charge in [-0.2, -0.15) is 0 Å². The molecule has 12 nitrogen and oxygen atoms in total. The third kappa shape index (κ3) is 8.91. The molecule has 0 radical (unpaired) electrons. The second kappa shape index (κ2) is 17.8. The average molecular weight is 832 g/mol. The van der Waals surface area contributed by atoms with Gasteiger partial charge in [-0.3, -0.25) is 24.0 Å². The minimum atomic E-state index is -0.832. The highest BCUT2D eigenvalue weighted by molar-refractivity contribution is 5.94. The minimum absolute atomic E-state index is 0.00605. The first-order chi connectivity index (χ1) is 30.2. The maximum atomic E-state index is 14.1. The van der Waals surface area contributed by atoms with E-state index in [0.29, 0.717) is 31.5 Å². The highest BCUT2D eigenvalue weighted by Crippen LogP contribution is 2.36. The maximum Gasteiger partial charge on any atom is 0.250 e. The zero-order valence-electron chi connectivity index (χ0n) is 35.0. The van der Waals surface area contributed by atoms with Crippen molar-refractivity contribution in [3.63, 3.8) is 0 Å². The summed E-state index contributed by atoms with van der Waals surface area (Å²) >= 11 is 0. The molecule has 5 atom stereocenters. The molecule has 5 amide bonds. The van der Waals surface area contributed by atoms with Gasteiger partial charge in [-0.25, -0.2) is 4.98 Å². The van der Waals surface area contributed by atoms with Crippen molar-refractivity contribution in [1.29, 1.82) is 0 Å². The molecule has 62 heavy (non-hydrogen) atoms. The molecule has 5 aromatic rings. The van der Waals surface area contributed by atoms with E-state index in [1.165, 1.54) is 0 Å². The predicted molar refractivity (Wildman–Crippen MR) is 235 cm³/mol. The van der Waals surface area contributed by atoms with Crippen LogP contribution in [0.4, 0.5) is 0 Å². The quantitative estimate of drug-likeness (QED) is 0.0935. The van der Waals surface area contributed by atoms with Crippen LogP contribution in [0, 0.1) is 11.8 Å². The van der Waals surface area contributed by atoms with Crippen LogP contribution < -0.4 is 16.0 Å². The Morgan fingerprint density at radius 2 is 1.06 bits per heavy atom. The van der Waals surface area contributed by atoms with Crippen molar-refractivity contribution in [3.05, 3.63) is 138 Å². The van der Waals surface area contributed by atoms with Crippen LogP contribution in [0.15, 0.2) is 115 Å². The summed E-state index contributed by atoms with van der Waals surface area (Å²) in [6.45, 7) is 3.00. The lowest BCUT2D eigenvalue weighted by Crippen LogP contribution is -2.50. The Balaban J connectivity index is 0.822. The fourth-order valence-corrected chi connectivity index (χ4v) is 8.88. The zero-order valence-corrected chi connectivity index (χ0v) is 35.0. The number of amides is 5. The number of aromatic nitrogens is 2. The number of carbonyl (C=O) groups excluding carboxylic acids is 5. The Kier molecular flexibility index (Phi) is 11.7. The summed E-state index contributed by atoms with van der Waals surface area (Å²) in [7, 11) is 0. The molecule has 4 aliphatic rings. The van der Waals surface area contributed by atoms with E-state index in [4.69, 9.17) is 4.98 Å². The summed E-state index contributed by atoms with van der Waals surface area (Å²) in [4.78, 5) is 79.1. The number of nitrogens with one attached hydrogen (secondary N) is 4. The fraction of sp³-hybridized carbons (Fsp3) is 0.360. The molecule has 12 heteroatoms. The van der Waals surface area contributed by atoms with E-state index < -0.39 is 18.1 Å². The third-order valence-electron chi connectivity index (χ3n) is 12.8. The van der Waals surface area contributed by atoms with Crippen molar-refractivity contribution in [2.24, 2.45) is 11.8 Å². The molecule has 2 saturated carbocycles. The molecular formula is C50H53N7O5. The van der Waals surface area contributed by atoms with Crippen molar-refractivity contribution < 1.29 is 24.0 Å². The monoisotopic (exact) mass is 831 g/mol. The van der Waals surface area contributed by atoms with Crippen molar-refractivity contribution >= 4 is 29.5 Å². The van der Waals surface area contributed by atoms with Gasteiger partial charge in [-0.05, 0) is 91.7 Å². The first-order valence-corrected chi connectivity index (χ1v) is 22.1. The standard InChI is InChI=1S/C50H53N7O5/c1-31(52-48(60)42-15-9-29-57(42)50(62)44(37-12-6-3-7-13-37)55-47(59)39-26-27-39)32-16-18-33(19-17-32)34-20-22-35(23-21-34)40-30-51-45(53-40)41-14-8-28-56(41)49(61)43(36-10-4-2-5-11-36)54-46(58)38-24-25-38/h2-7,10-13,16-23,30-31,38-39,41-44H,8-9,14-15,24-29H2,1H3,(H,51,53)(H,52,60)(H,54,58)(H,55,59)/t31-,41+,42+,43-,44-/m1/s1. The van der Waals surface area contributed by atoms with Gasteiger partial charge in [0.05, 0.1) is 24.0 Å². The average Bonchev–Trinajstić information content (AvgIpc) is 4.18. The molecule has 2 aliphatic heterocycles. The topological polar surface area (TPSA) is 157 Å². The van der Waals surface area contributed by atoms with Gasteiger partial charge in [-0.15, -0.1) is 0 Å². The number of rotatable bonds is 14. The summed E-state index contributed by atoms with van der Waals surface area (Å²) < 4.78 is 0. The van der Waals surface area contributed by atoms with Gasteiger partial charge < -0.3 is 30.7 Å². The zero-order chi connectivity index (χ0) is 42.7. The molecule has 0 bridgehead atoms. The molecule has 2 saturated heterocycles. The van der Waals surface area contributed by atoms with Crippen LogP contribution in [0.2, 0.25) is 0 Å². The second-order valence-corrected chi connectivity index (χ2v) is 17.2. The fourth-order valence-electron chi connectivity index (χ4n) is 8.88. The molecule has 9 rings (SSSR count). The van der Waals surface area contributed by atoms with Crippen LogP contribution in [0.3, 0.4) is 0 Å². The number of H-pyrrole nitrogens is 1. The number of hydrogen-bond acceptors (Lipinski definition) is 6. The summed E-state index contributed by atoms with van der Waals surface area (Å²) in [6.07, 6.45) is 8.12. The van der Waals surface area contributed by atoms with Gasteiger partial charge >= 0.3 is 0 Å². The molecule has 4 aromatic carbocycles. The summed E-state index contributed by atoms with van der Waals surface area (Å²) in [5, 5.41) is 9.16. The van der Waals surface area contributed by atoms with E-state index in [1.807, 2.05) is 115 Å². The number of aromatic amines is 1. The van der Waals surface area contributed by atoms with Gasteiger partial charge in [0.15, 0.2) is 0 Å². The van der Waals surface area contributed by atoms with E-state index in [9.17, 15) is 24.0 Å². The lowest BCUT2D eigenvalue weighted by Gasteiger charge is -2.30. The molecule has 0 unspecified atom stereocenters. The van der Waals surface area contributed by atoms with Crippen molar-refractivity contribution in [2.45, 2.75) is 88.5 Å². The third-order valence-corrected chi connectivity index (χ3v) is 12.8. The van der Waals surface area contributed by atoms with E-state index in [1.54, 1.807) is 4.90 Å². The van der Waals surface area contributed by atoms with Gasteiger partial charge in [0, 0.05) is 24.9 Å². The lowest BCUT2D eigenvalue weighted by atomic mass is 9.99. The molecule has 4 fully saturated rings. The second-order valence-electron chi connectivity index (χ2n) is 17.2. The normalized spacial score (nSPS) is 20.0. The number of carbonyl (C=O) groups is 5. The summed E-state index contributed by atoms with van der Waals surface area (Å²) in [6, 6.07) is 32.4. The number of likely N-dealkylation sites (tertiary alicyclic amines) is 2. The summed E-state index contributed by atoms with van der Waals surface area (Å²) in [5.74, 6) is -0.0664. The van der Waals surface area contributed by atoms with Crippen LogP contribution in [0.25, 0.3) is 22.4 Å². The predicted octanol–water partition coefficient (Wildman–Crippen LogP) is 7.11. The lowest BCUT2D eigenvalue weighted by molar-refractivity contribution is -0.142. The molecule has 3 heterocycles. The van der Waals surface area contributed by atoms with Gasteiger partial charge in [-0.1, -0.05) is 109 Å². The SMILES string of the molecule is C[C@@H](NC(=O)[C@@H]1CCCN1C(=O)[C@H](NC(=O)C1CC1)c1ccccc1)c1ccc(-c2ccc(-c3cnc([C@@H]4CCCN4C(=O)[C@H](NC(=O)C4CC4)c4ccccc4)[nH]3)cc2)cc1. The van der Waals surface area contributed by atoms with E-state index in [-0.39, 0.29) is 53.5 Å². The van der Waals surface area contributed by atoms with Gasteiger partial charge in [0.2, 0.25) is 29.5 Å².